The van der Waals surface area contributed by atoms with Gasteiger partial charge in [0.2, 0.25) is 5.88 Å². The van der Waals surface area contributed by atoms with Gasteiger partial charge < -0.3 is 9.15 Å². The molecule has 0 saturated carbocycles. The minimum atomic E-state index is 0.337. The van der Waals surface area contributed by atoms with Crippen LogP contribution in [0, 0.1) is 11.3 Å². The average Bonchev–Trinajstić information content (AvgIpc) is 3.20. The average molecular weight is 288 g/mol. The monoisotopic (exact) mass is 288 g/mol. The first-order valence-electron chi connectivity index (χ1n) is 6.96. The van der Waals surface area contributed by atoms with E-state index in [4.69, 9.17) is 9.15 Å². The van der Waals surface area contributed by atoms with Crippen LogP contribution in [0.5, 0.6) is 5.88 Å². The Bertz CT molecular complexity index is 906. The lowest BCUT2D eigenvalue weighted by Crippen LogP contribution is -2.00. The van der Waals surface area contributed by atoms with Crippen LogP contribution in [0.25, 0.3) is 22.6 Å². The highest BCUT2D eigenvalue weighted by Crippen LogP contribution is 2.44. The van der Waals surface area contributed by atoms with Gasteiger partial charge in [0.25, 0.3) is 0 Å². The van der Waals surface area contributed by atoms with E-state index < -0.39 is 0 Å². The van der Waals surface area contributed by atoms with Crippen molar-refractivity contribution in [3.05, 3.63) is 59.4 Å². The zero-order valence-corrected chi connectivity index (χ0v) is 12.0. The van der Waals surface area contributed by atoms with E-state index in [1.807, 2.05) is 30.3 Å². The van der Waals surface area contributed by atoms with Gasteiger partial charge in [-0.25, -0.2) is 4.98 Å². The molecule has 0 spiro atoms. The van der Waals surface area contributed by atoms with Crippen LogP contribution in [0.2, 0.25) is 0 Å². The lowest BCUT2D eigenvalue weighted by atomic mass is 9.99. The van der Waals surface area contributed by atoms with Gasteiger partial charge in [0.1, 0.15) is 17.4 Å². The van der Waals surface area contributed by atoms with E-state index in [-0.39, 0.29) is 0 Å². The van der Waals surface area contributed by atoms with E-state index in [9.17, 15) is 5.26 Å². The van der Waals surface area contributed by atoms with Gasteiger partial charge in [-0.3, -0.25) is 0 Å². The summed E-state index contributed by atoms with van der Waals surface area (Å²) in [5.41, 5.74) is 5.39. The largest absolute Gasteiger partial charge is 0.480 e. The standard InChI is InChI=1S/C18H12N2O2/c1-21-18-14(10-19)16(15-7-4-8-22-15)13-9-11-5-2-3-6-12(11)17(13)20-18/h2-8H,9H2,1H3. The summed E-state index contributed by atoms with van der Waals surface area (Å²) in [5.74, 6) is 1.01. The van der Waals surface area contributed by atoms with Crippen molar-refractivity contribution in [3.63, 3.8) is 0 Å². The lowest BCUT2D eigenvalue weighted by Gasteiger charge is -2.11. The van der Waals surface area contributed by atoms with Gasteiger partial charge in [0.05, 0.1) is 19.1 Å². The molecule has 0 aliphatic heterocycles. The molecular weight excluding hydrogens is 276 g/mol. The fourth-order valence-electron chi connectivity index (χ4n) is 3.04. The summed E-state index contributed by atoms with van der Waals surface area (Å²) in [6, 6.07) is 14.0. The molecule has 4 heteroatoms. The van der Waals surface area contributed by atoms with Crippen molar-refractivity contribution in [1.29, 1.82) is 5.26 Å². The fourth-order valence-corrected chi connectivity index (χ4v) is 3.04. The second-order valence-corrected chi connectivity index (χ2v) is 5.12. The maximum atomic E-state index is 9.57. The smallest absolute Gasteiger partial charge is 0.232 e. The van der Waals surface area contributed by atoms with Gasteiger partial charge >= 0.3 is 0 Å². The summed E-state index contributed by atoms with van der Waals surface area (Å²) in [6.07, 6.45) is 2.35. The predicted molar refractivity (Wildman–Crippen MR) is 81.4 cm³/mol. The molecule has 1 aliphatic carbocycles. The normalized spacial score (nSPS) is 11.6. The van der Waals surface area contributed by atoms with Crippen LogP contribution in [0.3, 0.4) is 0 Å². The minimum absolute atomic E-state index is 0.337. The third kappa shape index (κ3) is 1.66. The summed E-state index contributed by atoms with van der Waals surface area (Å²) in [5, 5.41) is 9.57. The van der Waals surface area contributed by atoms with Gasteiger partial charge in [-0.1, -0.05) is 24.3 Å². The molecule has 0 radical (unpaired) electrons. The zero-order chi connectivity index (χ0) is 15.1. The highest BCUT2D eigenvalue weighted by molar-refractivity contribution is 5.85. The second kappa shape index (κ2) is 4.74. The number of hydrogen-bond acceptors (Lipinski definition) is 4. The summed E-state index contributed by atoms with van der Waals surface area (Å²) < 4.78 is 10.9. The molecule has 106 valence electrons. The summed E-state index contributed by atoms with van der Waals surface area (Å²) in [7, 11) is 1.53. The van der Waals surface area contributed by atoms with Crippen molar-refractivity contribution >= 4 is 0 Å². The number of methoxy groups -OCH3 is 1. The van der Waals surface area contributed by atoms with E-state index >= 15 is 0 Å². The first kappa shape index (κ1) is 12.7. The van der Waals surface area contributed by atoms with Crippen LogP contribution in [-0.4, -0.2) is 12.1 Å². The third-order valence-corrected chi connectivity index (χ3v) is 3.98. The van der Waals surface area contributed by atoms with Crippen molar-refractivity contribution in [1.82, 2.24) is 4.98 Å². The Morgan fingerprint density at radius 2 is 2.09 bits per heavy atom. The van der Waals surface area contributed by atoms with Crippen molar-refractivity contribution in [3.8, 4) is 34.5 Å². The summed E-state index contributed by atoms with van der Waals surface area (Å²) in [4.78, 5) is 4.57. The molecule has 0 bridgehead atoms. The number of pyridine rings is 1. The number of hydrogen-bond donors (Lipinski definition) is 0. The van der Waals surface area contributed by atoms with Crippen molar-refractivity contribution < 1.29 is 9.15 Å². The van der Waals surface area contributed by atoms with Gasteiger partial charge in [0.15, 0.2) is 0 Å². The lowest BCUT2D eigenvalue weighted by molar-refractivity contribution is 0.397. The van der Waals surface area contributed by atoms with E-state index in [0.29, 0.717) is 17.2 Å². The fraction of sp³-hybridized carbons (Fsp3) is 0.111. The number of benzene rings is 1. The molecule has 1 aliphatic rings. The Labute approximate surface area is 127 Å². The maximum Gasteiger partial charge on any atom is 0.232 e. The van der Waals surface area contributed by atoms with Crippen LogP contribution in [0.4, 0.5) is 0 Å². The molecule has 0 amide bonds. The first-order chi connectivity index (χ1) is 10.8. The third-order valence-electron chi connectivity index (χ3n) is 3.98. The molecule has 4 rings (SSSR count). The highest BCUT2D eigenvalue weighted by Gasteiger charge is 2.29. The van der Waals surface area contributed by atoms with Gasteiger partial charge in [-0.2, -0.15) is 5.26 Å². The number of furan rings is 1. The molecule has 0 saturated heterocycles. The summed E-state index contributed by atoms with van der Waals surface area (Å²) >= 11 is 0. The maximum absolute atomic E-state index is 9.57. The quantitative estimate of drug-likeness (QED) is 0.563. The molecule has 4 nitrogen and oxygen atoms in total. The molecular formula is C18H12N2O2. The van der Waals surface area contributed by atoms with E-state index in [1.54, 1.807) is 6.26 Å². The summed E-state index contributed by atoms with van der Waals surface area (Å²) in [6.45, 7) is 0. The number of fused-ring (bicyclic) bond motifs is 3. The molecule has 0 unspecified atom stereocenters. The number of rotatable bonds is 2. The number of ether oxygens (including phenoxy) is 1. The van der Waals surface area contributed by atoms with E-state index in [1.165, 1.54) is 12.7 Å². The van der Waals surface area contributed by atoms with Gasteiger partial charge in [-0.05, 0) is 23.3 Å². The first-order valence-corrected chi connectivity index (χ1v) is 6.96. The van der Waals surface area contributed by atoms with Crippen LogP contribution >= 0.6 is 0 Å². The Morgan fingerprint density at radius 1 is 1.23 bits per heavy atom. The van der Waals surface area contributed by atoms with Gasteiger partial charge in [0, 0.05) is 17.5 Å². The topological polar surface area (TPSA) is 59.1 Å². The Balaban J connectivity index is 2.09. The molecule has 22 heavy (non-hydrogen) atoms. The molecule has 0 fully saturated rings. The molecule has 1 aromatic carbocycles. The van der Waals surface area contributed by atoms with Crippen LogP contribution in [0.15, 0.2) is 47.1 Å². The van der Waals surface area contributed by atoms with Crippen molar-refractivity contribution in [2.45, 2.75) is 6.42 Å². The molecule has 2 aromatic heterocycles. The van der Waals surface area contributed by atoms with Crippen LogP contribution < -0.4 is 4.74 Å². The predicted octanol–water partition coefficient (Wildman–Crippen LogP) is 3.79. The van der Waals surface area contributed by atoms with Gasteiger partial charge in [-0.15, -0.1) is 0 Å². The number of aromatic nitrogens is 1. The molecule has 2 heterocycles. The van der Waals surface area contributed by atoms with Crippen molar-refractivity contribution in [2.75, 3.05) is 7.11 Å². The highest BCUT2D eigenvalue weighted by atomic mass is 16.5. The number of nitriles is 1. The van der Waals surface area contributed by atoms with Crippen LogP contribution in [0.1, 0.15) is 16.7 Å². The SMILES string of the molecule is COc1nc2c(c(-c3ccco3)c1C#N)Cc1ccccc1-2. The Morgan fingerprint density at radius 3 is 2.82 bits per heavy atom. The zero-order valence-electron chi connectivity index (χ0n) is 12.0. The van der Waals surface area contributed by atoms with E-state index in [2.05, 4.69) is 17.1 Å². The minimum Gasteiger partial charge on any atom is -0.480 e. The molecule has 3 aromatic rings. The molecule has 0 atom stereocenters. The van der Waals surface area contributed by atoms with Crippen LogP contribution in [-0.2, 0) is 6.42 Å². The number of nitrogens with zero attached hydrogens (tertiary/aromatic N) is 2. The second-order valence-electron chi connectivity index (χ2n) is 5.12. The Kier molecular flexibility index (Phi) is 2.73. The molecule has 0 N–H and O–H groups in total. The van der Waals surface area contributed by atoms with Crippen molar-refractivity contribution in [2.24, 2.45) is 0 Å². The Hall–Kier alpha value is -3.06. The van der Waals surface area contributed by atoms with E-state index in [0.717, 1.165) is 28.8 Å².